The quantitative estimate of drug-likeness (QED) is 0.532. The number of benzene rings is 1. The summed E-state index contributed by atoms with van der Waals surface area (Å²) < 4.78 is 4.95. The molecule has 1 aromatic carbocycles. The van der Waals surface area contributed by atoms with E-state index in [1.54, 1.807) is 7.11 Å². The third kappa shape index (κ3) is 3.43. The Balaban J connectivity index is 0. The molecule has 0 radical (unpaired) electrons. The maximum Gasteiger partial charge on any atom is 0.119 e. The molecule has 70 valence electrons. The molecular weight excluding hydrogens is 180 g/mol. The van der Waals surface area contributed by atoms with Crippen molar-refractivity contribution < 1.29 is 10.2 Å². The molecule has 1 rings (SSSR count). The van der Waals surface area contributed by atoms with E-state index in [4.69, 9.17) is 10.6 Å². The van der Waals surface area contributed by atoms with Gasteiger partial charge in [-0.15, -0.1) is 12.4 Å². The number of nitrogens with two attached hydrogens (primary N) is 1. The largest absolute Gasteiger partial charge is 0.497 e. The second-order valence-corrected chi connectivity index (χ2v) is 1.87. The van der Waals surface area contributed by atoms with Gasteiger partial charge in [-0.25, -0.2) is 0 Å². The third-order valence-corrected chi connectivity index (χ3v) is 1.26. The molecular formula is C7H13ClN2O2. The Morgan fingerprint density at radius 3 is 2.08 bits per heavy atom. The molecule has 0 aliphatic rings. The Morgan fingerprint density at radius 2 is 1.75 bits per heavy atom. The van der Waals surface area contributed by atoms with Gasteiger partial charge < -0.3 is 15.6 Å². The fraction of sp³-hybridized carbons (Fsp3) is 0.143. The highest BCUT2D eigenvalue weighted by molar-refractivity contribution is 5.85. The average molecular weight is 193 g/mol. The number of hydrogen-bond acceptors (Lipinski definition) is 3. The van der Waals surface area contributed by atoms with Gasteiger partial charge in [-0.3, -0.25) is 5.84 Å². The molecule has 5 N–H and O–H groups in total. The van der Waals surface area contributed by atoms with Crippen molar-refractivity contribution in [2.45, 2.75) is 0 Å². The summed E-state index contributed by atoms with van der Waals surface area (Å²) in [6.07, 6.45) is 0. The number of methoxy groups -OCH3 is 1. The van der Waals surface area contributed by atoms with Crippen LogP contribution >= 0.6 is 12.4 Å². The maximum absolute atomic E-state index is 5.15. The molecule has 0 spiro atoms. The molecule has 0 aliphatic heterocycles. The van der Waals surface area contributed by atoms with E-state index in [0.29, 0.717) is 0 Å². The highest BCUT2D eigenvalue weighted by Gasteiger charge is 1.88. The highest BCUT2D eigenvalue weighted by atomic mass is 35.5. The lowest BCUT2D eigenvalue weighted by Crippen LogP contribution is -2.05. The summed E-state index contributed by atoms with van der Waals surface area (Å²) in [5.74, 6) is 5.98. The summed E-state index contributed by atoms with van der Waals surface area (Å²) in [6.45, 7) is 0. The van der Waals surface area contributed by atoms with Crippen LogP contribution < -0.4 is 16.0 Å². The van der Waals surface area contributed by atoms with Crippen molar-refractivity contribution in [3.8, 4) is 5.75 Å². The molecule has 0 saturated heterocycles. The number of nitrogen functional groups attached to an aromatic ring is 1. The summed E-state index contributed by atoms with van der Waals surface area (Å²) >= 11 is 0. The first kappa shape index (κ1) is 13.6. The smallest absolute Gasteiger partial charge is 0.119 e. The predicted octanol–water partition coefficient (Wildman–Crippen LogP) is 0.578. The van der Waals surface area contributed by atoms with Crippen molar-refractivity contribution in [2.75, 3.05) is 12.5 Å². The Labute approximate surface area is 77.4 Å². The van der Waals surface area contributed by atoms with Gasteiger partial charge in [0.15, 0.2) is 0 Å². The van der Waals surface area contributed by atoms with Crippen molar-refractivity contribution in [1.29, 1.82) is 0 Å². The van der Waals surface area contributed by atoms with Crippen LogP contribution in [0.4, 0.5) is 5.69 Å². The molecule has 0 saturated carbocycles. The van der Waals surface area contributed by atoms with Crippen LogP contribution in [0.5, 0.6) is 5.75 Å². The number of halogens is 1. The number of anilines is 1. The summed E-state index contributed by atoms with van der Waals surface area (Å²) in [5, 5.41) is 0. The number of nitrogens with one attached hydrogen (secondary N) is 1. The molecule has 0 bridgehead atoms. The minimum atomic E-state index is 0. The topological polar surface area (TPSA) is 78.8 Å². The zero-order chi connectivity index (χ0) is 7.40. The molecule has 0 aromatic heterocycles. The number of ether oxygens (including phenoxy) is 1. The van der Waals surface area contributed by atoms with E-state index in [0.717, 1.165) is 11.4 Å². The van der Waals surface area contributed by atoms with Gasteiger partial charge in [0.05, 0.1) is 7.11 Å². The van der Waals surface area contributed by atoms with E-state index in [1.807, 2.05) is 24.3 Å². The molecule has 0 unspecified atom stereocenters. The average Bonchev–Trinajstić information content (AvgIpc) is 2.05. The zero-order valence-corrected chi connectivity index (χ0v) is 7.52. The molecule has 12 heavy (non-hydrogen) atoms. The van der Waals surface area contributed by atoms with Crippen LogP contribution in [0.3, 0.4) is 0 Å². The molecule has 0 heterocycles. The second kappa shape index (κ2) is 6.72. The first-order valence-electron chi connectivity index (χ1n) is 2.97. The Bertz CT molecular complexity index is 180. The number of rotatable bonds is 2. The SMILES string of the molecule is COc1ccc(NN)cc1.Cl.O. The van der Waals surface area contributed by atoms with Crippen molar-refractivity contribution in [3.05, 3.63) is 24.3 Å². The van der Waals surface area contributed by atoms with Crippen molar-refractivity contribution in [1.82, 2.24) is 0 Å². The highest BCUT2D eigenvalue weighted by Crippen LogP contribution is 2.13. The predicted molar refractivity (Wildman–Crippen MR) is 51.7 cm³/mol. The van der Waals surface area contributed by atoms with E-state index < -0.39 is 0 Å². The normalized spacial score (nSPS) is 7.50. The van der Waals surface area contributed by atoms with Crippen LogP contribution in [-0.4, -0.2) is 12.6 Å². The van der Waals surface area contributed by atoms with Crippen molar-refractivity contribution in [3.63, 3.8) is 0 Å². The molecule has 1 aromatic rings. The third-order valence-electron chi connectivity index (χ3n) is 1.26. The van der Waals surface area contributed by atoms with Crippen molar-refractivity contribution in [2.24, 2.45) is 5.84 Å². The summed E-state index contributed by atoms with van der Waals surface area (Å²) in [6, 6.07) is 7.38. The summed E-state index contributed by atoms with van der Waals surface area (Å²) in [4.78, 5) is 0. The first-order valence-corrected chi connectivity index (χ1v) is 2.97. The molecule has 0 amide bonds. The van der Waals surface area contributed by atoms with E-state index in [2.05, 4.69) is 5.43 Å². The summed E-state index contributed by atoms with van der Waals surface area (Å²) in [7, 11) is 1.63. The van der Waals surface area contributed by atoms with E-state index in [1.165, 1.54) is 0 Å². The molecule has 4 nitrogen and oxygen atoms in total. The standard InChI is InChI=1S/C7H10N2O.ClH.H2O/c1-10-7-4-2-6(9-8)3-5-7;;/h2-5,9H,8H2,1H3;1H;1H2. The van der Waals surface area contributed by atoms with Crippen LogP contribution in [0, 0.1) is 0 Å². The lowest BCUT2D eigenvalue weighted by molar-refractivity contribution is 0.415. The van der Waals surface area contributed by atoms with Gasteiger partial charge in [-0.05, 0) is 24.3 Å². The van der Waals surface area contributed by atoms with Crippen LogP contribution in [0.15, 0.2) is 24.3 Å². The lowest BCUT2D eigenvalue weighted by Gasteiger charge is -2.00. The van der Waals surface area contributed by atoms with Crippen molar-refractivity contribution >= 4 is 18.1 Å². The Morgan fingerprint density at radius 1 is 1.25 bits per heavy atom. The van der Waals surface area contributed by atoms with Crippen LogP contribution in [-0.2, 0) is 0 Å². The fourth-order valence-corrected chi connectivity index (χ4v) is 0.687. The minimum absolute atomic E-state index is 0. The molecule has 0 fully saturated rings. The maximum atomic E-state index is 5.15. The van der Waals surface area contributed by atoms with Gasteiger partial charge in [0.2, 0.25) is 0 Å². The van der Waals surface area contributed by atoms with E-state index in [-0.39, 0.29) is 17.9 Å². The van der Waals surface area contributed by atoms with Gasteiger partial charge in [0, 0.05) is 5.69 Å². The number of hydrogen-bond donors (Lipinski definition) is 2. The molecule has 5 heteroatoms. The lowest BCUT2D eigenvalue weighted by atomic mass is 10.3. The fourth-order valence-electron chi connectivity index (χ4n) is 0.687. The molecule has 0 atom stereocenters. The molecule has 0 aliphatic carbocycles. The van der Waals surface area contributed by atoms with Gasteiger partial charge in [-0.1, -0.05) is 0 Å². The van der Waals surface area contributed by atoms with Gasteiger partial charge in [0.25, 0.3) is 0 Å². The van der Waals surface area contributed by atoms with E-state index in [9.17, 15) is 0 Å². The Kier molecular flexibility index (Phi) is 7.62. The number of hydrazine groups is 1. The summed E-state index contributed by atoms with van der Waals surface area (Å²) in [5.41, 5.74) is 3.40. The monoisotopic (exact) mass is 192 g/mol. The Hall–Kier alpha value is -0.970. The van der Waals surface area contributed by atoms with Crippen LogP contribution in [0.1, 0.15) is 0 Å². The second-order valence-electron chi connectivity index (χ2n) is 1.87. The first-order chi connectivity index (χ1) is 4.86. The minimum Gasteiger partial charge on any atom is -0.497 e. The van der Waals surface area contributed by atoms with Gasteiger partial charge in [0.1, 0.15) is 5.75 Å². The van der Waals surface area contributed by atoms with Crippen LogP contribution in [0.25, 0.3) is 0 Å². The zero-order valence-electron chi connectivity index (χ0n) is 6.70. The van der Waals surface area contributed by atoms with E-state index >= 15 is 0 Å². The van der Waals surface area contributed by atoms with Gasteiger partial charge in [-0.2, -0.15) is 0 Å². The van der Waals surface area contributed by atoms with Crippen LogP contribution in [0.2, 0.25) is 0 Å². The van der Waals surface area contributed by atoms with Gasteiger partial charge >= 0.3 is 0 Å².